The van der Waals surface area contributed by atoms with Gasteiger partial charge in [0.05, 0.1) is 0 Å². The summed E-state index contributed by atoms with van der Waals surface area (Å²) >= 11 is 0. The molecule has 1 aromatic rings. The van der Waals surface area contributed by atoms with Crippen LogP contribution in [0.3, 0.4) is 0 Å². The van der Waals surface area contributed by atoms with Gasteiger partial charge in [0.2, 0.25) is 5.30 Å². The lowest BCUT2D eigenvalue weighted by molar-refractivity contribution is 0.261. The summed E-state index contributed by atoms with van der Waals surface area (Å²) in [5.74, 6) is 0. The molecule has 0 saturated carbocycles. The molecular formula is C13H20O2P+. The average molecular weight is 239 g/mol. The van der Waals surface area contributed by atoms with Gasteiger partial charge in [-0.2, -0.15) is 0 Å². The quantitative estimate of drug-likeness (QED) is 0.750. The highest BCUT2D eigenvalue weighted by molar-refractivity contribution is 7.48. The highest BCUT2D eigenvalue weighted by Crippen LogP contribution is 2.26. The van der Waals surface area contributed by atoms with Crippen molar-refractivity contribution in [2.24, 2.45) is 0 Å². The smallest absolute Gasteiger partial charge is 0.139 e. The summed E-state index contributed by atoms with van der Waals surface area (Å²) < 4.78 is 17.0. The molecule has 0 spiro atoms. The molecule has 0 bridgehead atoms. The van der Waals surface area contributed by atoms with Gasteiger partial charge in [-0.3, -0.25) is 0 Å². The zero-order valence-electron chi connectivity index (χ0n) is 10.7. The second-order valence-corrected chi connectivity index (χ2v) is 6.45. The Bertz CT molecular complexity index is 361. The van der Waals surface area contributed by atoms with Gasteiger partial charge in [-0.15, -0.1) is 4.52 Å². The van der Waals surface area contributed by atoms with E-state index in [0.717, 1.165) is 5.30 Å². The average Bonchev–Trinajstić information content (AvgIpc) is 2.15. The van der Waals surface area contributed by atoms with E-state index in [4.69, 9.17) is 4.52 Å². The van der Waals surface area contributed by atoms with Crippen molar-refractivity contribution < 1.29 is 9.09 Å². The maximum absolute atomic E-state index is 11.7. The summed E-state index contributed by atoms with van der Waals surface area (Å²) in [4.78, 5) is 0. The summed E-state index contributed by atoms with van der Waals surface area (Å²) in [5, 5.41) is 0.761. The molecule has 0 saturated heterocycles. The summed E-state index contributed by atoms with van der Waals surface area (Å²) in [6.45, 7) is 10.2. The molecular weight excluding hydrogens is 219 g/mol. The molecule has 0 aliphatic carbocycles. The predicted molar refractivity (Wildman–Crippen MR) is 68.6 cm³/mol. The Kier molecular flexibility index (Phi) is 4.23. The molecule has 0 aromatic heterocycles. The van der Waals surface area contributed by atoms with Crippen molar-refractivity contribution >= 4 is 13.3 Å². The Morgan fingerprint density at radius 2 is 1.62 bits per heavy atom. The number of benzene rings is 1. The molecule has 1 unspecified atom stereocenters. The summed E-state index contributed by atoms with van der Waals surface area (Å²) in [5.41, 5.74) is 1.37. The van der Waals surface area contributed by atoms with E-state index in [9.17, 15) is 4.57 Å². The molecule has 0 aliphatic heterocycles. The normalized spacial score (nSPS) is 13.0. The van der Waals surface area contributed by atoms with Crippen molar-refractivity contribution in [3.8, 4) is 0 Å². The SMILES string of the molecule is CC(C)O[P+](=O)c1ccc(C(C)(C)C)cc1. The zero-order valence-corrected chi connectivity index (χ0v) is 11.5. The van der Waals surface area contributed by atoms with E-state index < -0.39 is 8.03 Å². The van der Waals surface area contributed by atoms with E-state index in [1.165, 1.54) is 5.56 Å². The van der Waals surface area contributed by atoms with E-state index in [1.54, 1.807) is 0 Å². The van der Waals surface area contributed by atoms with Gasteiger partial charge in [-0.25, -0.2) is 0 Å². The van der Waals surface area contributed by atoms with Crippen LogP contribution in [0.4, 0.5) is 0 Å². The first-order valence-corrected chi connectivity index (χ1v) is 6.73. The number of hydrogen-bond donors (Lipinski definition) is 0. The topological polar surface area (TPSA) is 26.3 Å². The highest BCUT2D eigenvalue weighted by atomic mass is 31.1. The fourth-order valence-corrected chi connectivity index (χ4v) is 2.23. The van der Waals surface area contributed by atoms with Crippen molar-refractivity contribution in [1.82, 2.24) is 0 Å². The molecule has 0 amide bonds. The first-order valence-electron chi connectivity index (χ1n) is 5.55. The molecule has 1 aromatic carbocycles. The van der Waals surface area contributed by atoms with E-state index in [2.05, 4.69) is 20.8 Å². The third-order valence-corrected chi connectivity index (χ3v) is 3.58. The monoisotopic (exact) mass is 239 g/mol. The summed E-state index contributed by atoms with van der Waals surface area (Å²) in [6.07, 6.45) is -0.00842. The molecule has 0 aliphatic rings. The molecule has 16 heavy (non-hydrogen) atoms. The van der Waals surface area contributed by atoms with Gasteiger partial charge in [0.1, 0.15) is 6.10 Å². The summed E-state index contributed by atoms with van der Waals surface area (Å²) in [7, 11) is -1.71. The van der Waals surface area contributed by atoms with Crippen molar-refractivity contribution in [1.29, 1.82) is 0 Å². The van der Waals surface area contributed by atoms with E-state index >= 15 is 0 Å². The van der Waals surface area contributed by atoms with Gasteiger partial charge in [-0.1, -0.05) is 32.9 Å². The summed E-state index contributed by atoms with van der Waals surface area (Å²) in [6, 6.07) is 7.82. The fraction of sp³-hybridized carbons (Fsp3) is 0.538. The fourth-order valence-electron chi connectivity index (χ4n) is 1.34. The molecule has 3 heteroatoms. The van der Waals surface area contributed by atoms with Crippen LogP contribution < -0.4 is 5.30 Å². The van der Waals surface area contributed by atoms with Crippen LogP contribution in [0.2, 0.25) is 0 Å². The van der Waals surface area contributed by atoms with Gasteiger partial charge in [0.15, 0.2) is 0 Å². The van der Waals surface area contributed by atoms with Gasteiger partial charge in [-0.05, 0) is 41.5 Å². The van der Waals surface area contributed by atoms with Crippen LogP contribution in [-0.4, -0.2) is 6.10 Å². The van der Waals surface area contributed by atoms with Crippen LogP contribution in [0.5, 0.6) is 0 Å². The number of hydrogen-bond acceptors (Lipinski definition) is 2. The molecule has 0 N–H and O–H groups in total. The van der Waals surface area contributed by atoms with Gasteiger partial charge in [0.25, 0.3) is 0 Å². The van der Waals surface area contributed by atoms with Crippen LogP contribution in [0, 0.1) is 0 Å². The third-order valence-electron chi connectivity index (χ3n) is 2.25. The lowest BCUT2D eigenvalue weighted by atomic mass is 9.87. The molecule has 2 nitrogen and oxygen atoms in total. The van der Waals surface area contributed by atoms with Crippen molar-refractivity contribution in [3.05, 3.63) is 29.8 Å². The van der Waals surface area contributed by atoms with Crippen LogP contribution >= 0.6 is 8.03 Å². The lowest BCUT2D eigenvalue weighted by Gasteiger charge is -2.18. The van der Waals surface area contributed by atoms with Crippen molar-refractivity contribution in [2.45, 2.75) is 46.1 Å². The first kappa shape index (κ1) is 13.3. The Labute approximate surface area is 98.9 Å². The largest absolute Gasteiger partial charge is 0.548 e. The van der Waals surface area contributed by atoms with Crippen LogP contribution in [0.15, 0.2) is 24.3 Å². The molecule has 1 atom stereocenters. The van der Waals surface area contributed by atoms with E-state index in [-0.39, 0.29) is 11.5 Å². The van der Waals surface area contributed by atoms with Crippen LogP contribution in [0.25, 0.3) is 0 Å². The Morgan fingerprint density at radius 1 is 1.12 bits per heavy atom. The second-order valence-electron chi connectivity index (χ2n) is 5.21. The minimum absolute atomic E-state index is 0.00842. The molecule has 0 radical (unpaired) electrons. The van der Waals surface area contributed by atoms with E-state index in [0.29, 0.717) is 0 Å². The van der Waals surface area contributed by atoms with Crippen LogP contribution in [0.1, 0.15) is 40.2 Å². The first-order chi connectivity index (χ1) is 7.30. The third kappa shape index (κ3) is 3.70. The number of rotatable bonds is 3. The van der Waals surface area contributed by atoms with Crippen LogP contribution in [-0.2, 0) is 14.5 Å². The molecule has 0 fully saturated rings. The standard InChI is InChI=1S/C13H20O2P/c1-10(2)15-16(14)12-8-6-11(7-9-12)13(3,4)5/h6-10H,1-5H3/q+1. The van der Waals surface area contributed by atoms with Gasteiger partial charge in [0, 0.05) is 0 Å². The zero-order chi connectivity index (χ0) is 12.3. The minimum Gasteiger partial charge on any atom is -0.139 e. The molecule has 1 rings (SSSR count). The Hall–Kier alpha value is -0.720. The lowest BCUT2D eigenvalue weighted by Crippen LogP contribution is -2.12. The van der Waals surface area contributed by atoms with E-state index in [1.807, 2.05) is 38.1 Å². The second kappa shape index (κ2) is 5.07. The Balaban J connectivity index is 2.83. The molecule has 88 valence electrons. The molecule has 0 heterocycles. The van der Waals surface area contributed by atoms with Crippen molar-refractivity contribution in [2.75, 3.05) is 0 Å². The predicted octanol–water partition coefficient (Wildman–Crippen LogP) is 3.78. The highest BCUT2D eigenvalue weighted by Gasteiger charge is 2.24. The minimum atomic E-state index is -1.71. The maximum Gasteiger partial charge on any atom is 0.548 e. The van der Waals surface area contributed by atoms with Crippen molar-refractivity contribution in [3.63, 3.8) is 0 Å². The Morgan fingerprint density at radius 3 is 2.00 bits per heavy atom. The maximum atomic E-state index is 11.7. The van der Waals surface area contributed by atoms with Gasteiger partial charge >= 0.3 is 8.03 Å². The van der Waals surface area contributed by atoms with Gasteiger partial charge < -0.3 is 0 Å².